The number of nitrogens with zero attached hydrogens (tertiary/aromatic N) is 1. The molecule has 1 amide bonds. The summed E-state index contributed by atoms with van der Waals surface area (Å²) in [5, 5.41) is 11.0. The minimum atomic E-state index is -1.02. The van der Waals surface area contributed by atoms with E-state index in [4.69, 9.17) is 9.84 Å². The van der Waals surface area contributed by atoms with Crippen LogP contribution < -0.4 is 5.32 Å². The predicted octanol–water partition coefficient (Wildman–Crippen LogP) is 1.28. The van der Waals surface area contributed by atoms with E-state index in [0.717, 1.165) is 13.0 Å². The Bertz CT molecular complexity index is 399. The van der Waals surface area contributed by atoms with Gasteiger partial charge in [-0.25, -0.2) is 0 Å². The summed E-state index contributed by atoms with van der Waals surface area (Å²) in [6.45, 7) is 2.70. The van der Waals surface area contributed by atoms with Gasteiger partial charge in [-0.15, -0.1) is 12.4 Å². The van der Waals surface area contributed by atoms with E-state index in [2.05, 4.69) is 10.2 Å². The molecule has 0 radical (unpaired) electrons. The molecule has 2 unspecified atom stereocenters. The van der Waals surface area contributed by atoms with Crippen LogP contribution in [0.4, 0.5) is 0 Å². The molecule has 6 nitrogen and oxygen atoms in total. The second kappa shape index (κ2) is 8.13. The lowest BCUT2D eigenvalue weighted by Crippen LogP contribution is -2.63. The van der Waals surface area contributed by atoms with Crippen LogP contribution in [0.5, 0.6) is 0 Å². The number of aliphatic carboxylic acids is 1. The van der Waals surface area contributed by atoms with Gasteiger partial charge in [-0.3, -0.25) is 14.5 Å². The van der Waals surface area contributed by atoms with Crippen LogP contribution in [0.1, 0.15) is 39.0 Å². The van der Waals surface area contributed by atoms with Crippen molar-refractivity contribution in [2.45, 2.75) is 51.2 Å². The van der Waals surface area contributed by atoms with Crippen LogP contribution in [0.15, 0.2) is 0 Å². The number of carboxylic acids is 1. The molecule has 0 aliphatic heterocycles. The van der Waals surface area contributed by atoms with Gasteiger partial charge in [0, 0.05) is 18.1 Å². The number of carbonyl (C=O) groups excluding carboxylic acids is 1. The highest BCUT2D eigenvalue weighted by atomic mass is 35.5. The summed E-state index contributed by atoms with van der Waals surface area (Å²) in [5.74, 6) is -1.24. The van der Waals surface area contributed by atoms with E-state index in [9.17, 15) is 9.59 Å². The third-order valence-corrected chi connectivity index (χ3v) is 5.01. The fourth-order valence-electron chi connectivity index (χ4n) is 4.04. The van der Waals surface area contributed by atoms with Crippen molar-refractivity contribution in [3.8, 4) is 0 Å². The van der Waals surface area contributed by atoms with Crippen LogP contribution in [0.3, 0.4) is 0 Å². The van der Waals surface area contributed by atoms with Gasteiger partial charge in [-0.2, -0.15) is 0 Å². The zero-order valence-corrected chi connectivity index (χ0v) is 14.2. The van der Waals surface area contributed by atoms with Crippen molar-refractivity contribution < 1.29 is 19.4 Å². The van der Waals surface area contributed by atoms with E-state index >= 15 is 0 Å². The number of rotatable bonds is 7. The largest absolute Gasteiger partial charge is 0.480 e. The number of halogens is 1. The molecular formula is C15H27ClN2O4. The summed E-state index contributed by atoms with van der Waals surface area (Å²) in [6, 6.07) is 0.368. The van der Waals surface area contributed by atoms with Crippen molar-refractivity contribution >= 4 is 24.3 Å². The van der Waals surface area contributed by atoms with Crippen LogP contribution >= 0.6 is 12.4 Å². The van der Waals surface area contributed by atoms with Crippen LogP contribution in [-0.2, 0) is 14.3 Å². The molecule has 1 spiro atoms. The van der Waals surface area contributed by atoms with E-state index in [1.807, 2.05) is 14.0 Å². The Morgan fingerprint density at radius 1 is 1.36 bits per heavy atom. The van der Waals surface area contributed by atoms with Gasteiger partial charge in [0.25, 0.3) is 0 Å². The van der Waals surface area contributed by atoms with Gasteiger partial charge in [-0.05, 0) is 33.2 Å². The first-order valence-corrected chi connectivity index (χ1v) is 7.80. The summed E-state index contributed by atoms with van der Waals surface area (Å²) in [5.41, 5.74) is 0.206. The highest BCUT2D eigenvalue weighted by molar-refractivity contribution is 5.85. The third-order valence-electron chi connectivity index (χ3n) is 5.01. The van der Waals surface area contributed by atoms with Crippen molar-refractivity contribution in [2.75, 3.05) is 26.7 Å². The first-order valence-electron chi connectivity index (χ1n) is 7.80. The zero-order valence-electron chi connectivity index (χ0n) is 13.3. The van der Waals surface area contributed by atoms with Crippen molar-refractivity contribution in [3.05, 3.63) is 0 Å². The van der Waals surface area contributed by atoms with Gasteiger partial charge >= 0.3 is 5.97 Å². The summed E-state index contributed by atoms with van der Waals surface area (Å²) in [4.78, 5) is 24.3. The number of likely N-dealkylation sites (N-methyl/N-ethyl adjacent to an activating group) is 1. The van der Waals surface area contributed by atoms with Crippen LogP contribution in [0, 0.1) is 5.41 Å². The molecule has 0 aromatic carbocycles. The van der Waals surface area contributed by atoms with Crippen molar-refractivity contribution in [3.63, 3.8) is 0 Å². The Morgan fingerprint density at radius 3 is 2.55 bits per heavy atom. The quantitative estimate of drug-likeness (QED) is 0.733. The predicted molar refractivity (Wildman–Crippen MR) is 85.2 cm³/mol. The normalized spacial score (nSPS) is 25.6. The monoisotopic (exact) mass is 334 g/mol. The maximum atomic E-state index is 11.8. The summed E-state index contributed by atoms with van der Waals surface area (Å²) in [6.07, 6.45) is 6.10. The van der Waals surface area contributed by atoms with Gasteiger partial charge in [-0.1, -0.05) is 12.8 Å². The molecule has 2 saturated carbocycles. The summed E-state index contributed by atoms with van der Waals surface area (Å²) < 4.78 is 5.87. The Hall–Kier alpha value is -0.850. The second-order valence-corrected chi connectivity index (χ2v) is 6.22. The lowest BCUT2D eigenvalue weighted by atomic mass is 9.60. The fraction of sp³-hybridized carbons (Fsp3) is 0.867. The highest BCUT2D eigenvalue weighted by Crippen LogP contribution is 2.56. The molecule has 0 saturated heterocycles. The van der Waals surface area contributed by atoms with Crippen LogP contribution in [0.2, 0.25) is 0 Å². The zero-order chi connectivity index (χ0) is 15.5. The molecule has 0 aromatic rings. The SMILES string of the molecule is CCOC1CC(N(C)CC(=O)NCC(=O)O)C12CCCC2.Cl. The highest BCUT2D eigenvalue weighted by Gasteiger charge is 2.57. The van der Waals surface area contributed by atoms with Crippen molar-refractivity contribution in [2.24, 2.45) is 5.41 Å². The number of amides is 1. The minimum Gasteiger partial charge on any atom is -0.480 e. The Kier molecular flexibility index (Phi) is 7.09. The van der Waals surface area contributed by atoms with E-state index < -0.39 is 5.97 Å². The molecule has 22 heavy (non-hydrogen) atoms. The Balaban J connectivity index is 0.00000242. The van der Waals surface area contributed by atoms with E-state index in [1.165, 1.54) is 25.7 Å². The van der Waals surface area contributed by atoms with Crippen molar-refractivity contribution in [1.82, 2.24) is 10.2 Å². The maximum absolute atomic E-state index is 11.8. The number of carboxylic acid groups (broad SMARTS) is 1. The van der Waals surface area contributed by atoms with Gasteiger partial charge in [0.05, 0.1) is 12.6 Å². The minimum absolute atomic E-state index is 0. The molecule has 0 aromatic heterocycles. The second-order valence-electron chi connectivity index (χ2n) is 6.22. The van der Waals surface area contributed by atoms with E-state index in [-0.39, 0.29) is 36.8 Å². The Morgan fingerprint density at radius 2 is 2.00 bits per heavy atom. The smallest absolute Gasteiger partial charge is 0.322 e. The van der Waals surface area contributed by atoms with Gasteiger partial charge in [0.2, 0.25) is 5.91 Å². The standard InChI is InChI=1S/C15H26N2O4.ClH/c1-3-21-12-8-11(15(12)6-4-5-7-15)17(2)10-13(18)16-9-14(19)20;/h11-12H,3-10H2,1-2H3,(H,16,18)(H,19,20);1H. The molecule has 2 aliphatic carbocycles. The third kappa shape index (κ3) is 3.91. The summed E-state index contributed by atoms with van der Waals surface area (Å²) in [7, 11) is 1.95. The average molecular weight is 335 g/mol. The van der Waals surface area contributed by atoms with Crippen LogP contribution in [0.25, 0.3) is 0 Å². The molecule has 2 atom stereocenters. The van der Waals surface area contributed by atoms with E-state index in [0.29, 0.717) is 12.1 Å². The fourth-order valence-corrected chi connectivity index (χ4v) is 4.04. The van der Waals surface area contributed by atoms with Crippen molar-refractivity contribution in [1.29, 1.82) is 0 Å². The molecule has 2 N–H and O–H groups in total. The summed E-state index contributed by atoms with van der Waals surface area (Å²) >= 11 is 0. The molecule has 2 aliphatic rings. The number of hydrogen-bond acceptors (Lipinski definition) is 4. The number of ether oxygens (including phenoxy) is 1. The Labute approximate surface area is 138 Å². The molecule has 2 rings (SSSR count). The van der Waals surface area contributed by atoms with Gasteiger partial charge in [0.1, 0.15) is 6.54 Å². The number of carbonyl (C=O) groups is 2. The number of nitrogens with one attached hydrogen (secondary N) is 1. The lowest BCUT2D eigenvalue weighted by molar-refractivity contribution is -0.163. The van der Waals surface area contributed by atoms with Gasteiger partial charge < -0.3 is 15.2 Å². The molecule has 0 bridgehead atoms. The lowest BCUT2D eigenvalue weighted by Gasteiger charge is -2.57. The topological polar surface area (TPSA) is 78.9 Å². The van der Waals surface area contributed by atoms with Crippen LogP contribution in [-0.4, -0.2) is 60.8 Å². The molecule has 2 fully saturated rings. The molecule has 128 valence electrons. The first-order chi connectivity index (χ1) is 9.99. The van der Waals surface area contributed by atoms with Gasteiger partial charge in [0.15, 0.2) is 0 Å². The average Bonchev–Trinajstić information content (AvgIpc) is 2.92. The number of hydrogen-bond donors (Lipinski definition) is 2. The van der Waals surface area contributed by atoms with E-state index in [1.54, 1.807) is 0 Å². The molecule has 7 heteroatoms. The maximum Gasteiger partial charge on any atom is 0.322 e. The molecule has 0 heterocycles. The molecular weight excluding hydrogens is 308 g/mol. The first kappa shape index (κ1) is 19.2.